The van der Waals surface area contributed by atoms with Crippen LogP contribution in [0.1, 0.15) is 94.7 Å². The molecule has 0 saturated carbocycles. The van der Waals surface area contributed by atoms with Crippen LogP contribution in [0.5, 0.6) is 46.3 Å². The predicted octanol–water partition coefficient (Wildman–Crippen LogP) is 13.4. The Bertz CT molecular complexity index is 4920. The van der Waals surface area contributed by atoms with Gasteiger partial charge in [-0.3, -0.25) is 50.0 Å². The number of hydrogen-bond acceptors (Lipinski definition) is 22. The fraction of sp³-hybridized carbons (Fsp3) is 0.216. The number of benzene rings is 6. The number of nitro groups is 4. The second kappa shape index (κ2) is 33.2. The summed E-state index contributed by atoms with van der Waals surface area (Å²) in [5.41, 5.74) is 4.48. The Morgan fingerprint density at radius 1 is 0.514 bits per heavy atom. The van der Waals surface area contributed by atoms with Crippen molar-refractivity contribution in [3.63, 3.8) is 0 Å². The van der Waals surface area contributed by atoms with Crippen molar-refractivity contribution in [3.05, 3.63) is 266 Å². The van der Waals surface area contributed by atoms with Gasteiger partial charge >= 0.3 is 16.8 Å². The molecule has 535 valence electrons. The monoisotopic (exact) mass is 1470 g/mol. The first-order chi connectivity index (χ1) is 50.0. The molecule has 6 heterocycles. The second-order valence-electron chi connectivity index (χ2n) is 24.1. The summed E-state index contributed by atoms with van der Waals surface area (Å²) in [6.07, 6.45) is 4.77. The van der Waals surface area contributed by atoms with Crippen LogP contribution in [0.4, 0.5) is 22.7 Å². The molecule has 8 aromatic rings. The van der Waals surface area contributed by atoms with Crippen LogP contribution < -0.4 is 38.4 Å². The molecule has 4 aliphatic rings. The molecular formula is C74H62CoN12O18. The molecule has 0 spiro atoms. The number of rotatable bonds is 20. The topological polar surface area (TPSA) is 388 Å². The maximum absolute atomic E-state index is 14.0. The van der Waals surface area contributed by atoms with Crippen LogP contribution in [0.15, 0.2) is 185 Å². The SMILES string of the molecule is CC(C)c1cc(C#N)cc(C(C)C)c1O/C(=C1\C=CC(Oc2ccc([N+](=O)[O-])cc2)=N1)c1cc(C(=O)N2CCOCC2)c(Oc2ccc([N+](=O)[O-])cc2)[n-]1.Cc1cc(C#N)cc(C)c1O/C(=C1\C=C(C(=O)N2CCOCC2)C(Oc2ccc([N+](=O)[O-])cc2)=N1)c1ccc(Oc2ccc([N+](=O)[O-])cc2)[n-]1.[Co+2]. The Labute approximate surface area is 609 Å². The molecule has 105 heavy (non-hydrogen) atoms. The minimum Gasteiger partial charge on any atom is -0.624 e. The van der Waals surface area contributed by atoms with E-state index < -0.39 is 19.7 Å². The zero-order valence-corrected chi connectivity index (χ0v) is 57.9. The first-order valence-electron chi connectivity index (χ1n) is 32.3. The Hall–Kier alpha value is -13.1. The number of amides is 2. The van der Waals surface area contributed by atoms with Crippen molar-refractivity contribution in [1.29, 1.82) is 10.5 Å². The summed E-state index contributed by atoms with van der Waals surface area (Å²) >= 11 is 0. The quantitative estimate of drug-likeness (QED) is 0.0388. The van der Waals surface area contributed by atoms with E-state index >= 15 is 0 Å². The number of aromatic nitrogens is 2. The van der Waals surface area contributed by atoms with E-state index in [9.17, 15) is 60.6 Å². The molecule has 30 nitrogen and oxygen atoms in total. The standard InChI is InChI=1S/C39H36N6O9.C35H28N6O9.Co/c1-23(2)30-19-25(22-40)20-31(24(3)4)36(30)54-37(33-13-14-35(41-33)52-28-9-5-26(6-10-28)44(47)48)34-21-32(39(46)43-15-17-51-18-16-43)38(42-34)53-29-11-7-27(8-12-29)45(49)50;1-21-17-23(20-36)18-22(2)32(21)50-33(29-11-12-31(37-29)48-26-7-3-24(4-8-26)40(43)44)30-19-28(35(42)39-13-15-47-16-14-39)34(38-30)49-27-9-5-25(6-10-27)41(45)46;/h5-14,19-21,23-24H,15-18H2,1-4H3,(H,41,42,46);3-12,17-19H,13-16H2,1-2H3,(H,37,38,42);/q;;+2/p-2. The van der Waals surface area contributed by atoms with Crippen LogP contribution in [0, 0.1) is 77.0 Å². The number of morpholine rings is 2. The van der Waals surface area contributed by atoms with Gasteiger partial charge in [-0.1, -0.05) is 51.2 Å². The molecule has 12 rings (SSSR count). The minimum atomic E-state index is -0.534. The summed E-state index contributed by atoms with van der Waals surface area (Å²) in [5.74, 6) is 1.59. The van der Waals surface area contributed by atoms with Crippen LogP contribution in [-0.2, 0) is 31.0 Å². The molecular weight excluding hydrogens is 1400 g/mol. The summed E-state index contributed by atoms with van der Waals surface area (Å²) in [6, 6.07) is 37.9. The molecule has 2 saturated heterocycles. The summed E-state index contributed by atoms with van der Waals surface area (Å²) in [4.78, 5) is 92.4. The maximum Gasteiger partial charge on any atom is 2.00 e. The number of nitro benzene ring substituents is 4. The molecule has 2 aromatic heterocycles. The van der Waals surface area contributed by atoms with Crippen LogP contribution in [-0.4, -0.2) is 106 Å². The molecule has 6 aromatic carbocycles. The zero-order chi connectivity index (χ0) is 73.9. The van der Waals surface area contributed by atoms with Gasteiger partial charge < -0.3 is 57.7 Å². The van der Waals surface area contributed by atoms with Crippen molar-refractivity contribution in [1.82, 2.24) is 19.8 Å². The largest absolute Gasteiger partial charge is 2.00 e. The van der Waals surface area contributed by atoms with Gasteiger partial charge in [0.15, 0.2) is 0 Å². The Balaban J connectivity index is 0.000000224. The van der Waals surface area contributed by atoms with Crippen molar-refractivity contribution in [3.8, 4) is 58.4 Å². The smallest absolute Gasteiger partial charge is 0.624 e. The molecule has 2 fully saturated rings. The number of nitrogens with zero attached hydrogens (tertiary/aromatic N) is 12. The number of carbonyl (C=O) groups excluding carboxylic acids is 2. The summed E-state index contributed by atoms with van der Waals surface area (Å²) < 4.78 is 48.2. The molecule has 31 heteroatoms. The fourth-order valence-electron chi connectivity index (χ4n) is 11.0. The van der Waals surface area contributed by atoms with E-state index in [4.69, 9.17) is 42.9 Å². The van der Waals surface area contributed by atoms with Crippen molar-refractivity contribution >= 4 is 57.9 Å². The average molecular weight is 1470 g/mol. The van der Waals surface area contributed by atoms with Gasteiger partial charge in [0.1, 0.15) is 63.0 Å². The predicted molar refractivity (Wildman–Crippen MR) is 375 cm³/mol. The third-order valence-electron chi connectivity index (χ3n) is 16.3. The normalized spacial score (nSPS) is 14.8. The Morgan fingerprint density at radius 2 is 0.952 bits per heavy atom. The Kier molecular flexibility index (Phi) is 23.6. The van der Waals surface area contributed by atoms with Crippen LogP contribution in [0.2, 0.25) is 0 Å². The van der Waals surface area contributed by atoms with Crippen molar-refractivity contribution < 1.29 is 84.0 Å². The first-order valence-corrected chi connectivity index (χ1v) is 32.3. The van der Waals surface area contributed by atoms with E-state index in [1.807, 2.05) is 27.7 Å². The number of aryl methyl sites for hydroxylation is 2. The summed E-state index contributed by atoms with van der Waals surface area (Å²) in [6.45, 7) is 14.3. The van der Waals surface area contributed by atoms with Crippen molar-refractivity contribution in [2.24, 2.45) is 9.98 Å². The summed E-state index contributed by atoms with van der Waals surface area (Å²) in [5, 5.41) is 64.0. The third-order valence-corrected chi connectivity index (χ3v) is 16.3. The number of ether oxygens (including phenoxy) is 8. The molecule has 0 bridgehead atoms. The summed E-state index contributed by atoms with van der Waals surface area (Å²) in [7, 11) is 0. The number of aliphatic imine (C=N–C) groups is 2. The van der Waals surface area contributed by atoms with Gasteiger partial charge in [0.2, 0.25) is 11.8 Å². The number of hydrogen-bond donors (Lipinski definition) is 0. The van der Waals surface area contributed by atoms with Crippen LogP contribution in [0.3, 0.4) is 0 Å². The van der Waals surface area contributed by atoms with Crippen molar-refractivity contribution in [2.45, 2.75) is 53.4 Å². The number of non-ortho nitro benzene ring substituents is 4. The van der Waals surface area contributed by atoms with Gasteiger partial charge in [-0.25, -0.2) is 9.98 Å². The van der Waals surface area contributed by atoms with E-state index in [0.29, 0.717) is 97.9 Å². The number of carbonyl (C=O) groups is 2. The van der Waals surface area contributed by atoms with E-state index in [2.05, 4.69) is 27.1 Å². The average Bonchev–Trinajstić information content (AvgIpc) is 1.71. The van der Waals surface area contributed by atoms with Gasteiger partial charge in [-0.15, -0.1) is 0 Å². The van der Waals surface area contributed by atoms with E-state index in [1.54, 1.807) is 78.3 Å². The van der Waals surface area contributed by atoms with Crippen molar-refractivity contribution in [2.75, 3.05) is 52.6 Å². The zero-order valence-electron chi connectivity index (χ0n) is 56.9. The fourth-order valence-corrected chi connectivity index (χ4v) is 11.0. The molecule has 0 aliphatic carbocycles. The molecule has 0 atom stereocenters. The maximum atomic E-state index is 14.0. The van der Waals surface area contributed by atoms with E-state index in [0.717, 1.165) is 11.1 Å². The molecule has 0 N–H and O–H groups in total. The Morgan fingerprint density at radius 3 is 1.43 bits per heavy atom. The van der Waals surface area contributed by atoms with Gasteiger partial charge in [0.05, 0.1) is 74.9 Å². The van der Waals surface area contributed by atoms with E-state index in [-0.39, 0.29) is 144 Å². The second-order valence-corrected chi connectivity index (χ2v) is 24.1. The molecule has 1 radical (unpaired) electrons. The number of allylic oxidation sites excluding steroid dienone is 2. The molecule has 4 aliphatic heterocycles. The molecule has 0 unspecified atom stereocenters. The van der Waals surface area contributed by atoms with Gasteiger partial charge in [0.25, 0.3) is 34.6 Å². The van der Waals surface area contributed by atoms with Gasteiger partial charge in [-0.2, -0.15) is 10.5 Å². The molecule has 2 amide bonds. The third kappa shape index (κ3) is 17.8. The van der Waals surface area contributed by atoms with E-state index in [1.165, 1.54) is 103 Å². The number of nitriles is 2. The van der Waals surface area contributed by atoms with Crippen LogP contribution >= 0.6 is 0 Å². The first kappa shape index (κ1) is 74.6. The van der Waals surface area contributed by atoms with Gasteiger partial charge in [0, 0.05) is 92.5 Å². The van der Waals surface area contributed by atoms with Gasteiger partial charge in [-0.05, 0) is 139 Å². The minimum absolute atomic E-state index is 0. The van der Waals surface area contributed by atoms with Crippen LogP contribution in [0.25, 0.3) is 11.5 Å².